The van der Waals surface area contributed by atoms with Crippen molar-refractivity contribution in [1.82, 2.24) is 14.8 Å². The molecule has 2 fully saturated rings. The standard InChI is InChI=1S/C18H29N3O3/c1-20(2)12-15-11-16(3-7-19-15)24-17-4-8-21(13-17)14-18(22)5-9-23-10-6-18/h3,7,11,17,22H,4-6,8-10,12-14H2,1-2H3. The summed E-state index contributed by atoms with van der Waals surface area (Å²) in [5, 5.41) is 10.7. The topological polar surface area (TPSA) is 58.1 Å². The zero-order valence-corrected chi connectivity index (χ0v) is 14.8. The summed E-state index contributed by atoms with van der Waals surface area (Å²) in [4.78, 5) is 8.79. The van der Waals surface area contributed by atoms with Gasteiger partial charge in [0.2, 0.25) is 0 Å². The van der Waals surface area contributed by atoms with E-state index < -0.39 is 5.60 Å². The first-order chi connectivity index (χ1) is 11.5. The summed E-state index contributed by atoms with van der Waals surface area (Å²) >= 11 is 0. The predicted octanol–water partition coefficient (Wildman–Crippen LogP) is 1.14. The minimum absolute atomic E-state index is 0.183. The van der Waals surface area contributed by atoms with E-state index in [-0.39, 0.29) is 6.10 Å². The van der Waals surface area contributed by atoms with Crippen LogP contribution in [0.3, 0.4) is 0 Å². The molecule has 0 aromatic carbocycles. The minimum atomic E-state index is -0.595. The van der Waals surface area contributed by atoms with Crippen molar-refractivity contribution in [1.29, 1.82) is 0 Å². The first-order valence-corrected chi connectivity index (χ1v) is 8.81. The van der Waals surface area contributed by atoms with Crippen molar-refractivity contribution >= 4 is 0 Å². The van der Waals surface area contributed by atoms with Crippen molar-refractivity contribution in [3.63, 3.8) is 0 Å². The number of aliphatic hydroxyl groups is 1. The summed E-state index contributed by atoms with van der Waals surface area (Å²) < 4.78 is 11.5. The molecular weight excluding hydrogens is 306 g/mol. The molecule has 0 amide bonds. The Kier molecular flexibility index (Phi) is 5.71. The van der Waals surface area contributed by atoms with Crippen LogP contribution in [-0.4, -0.2) is 78.5 Å². The molecule has 6 nitrogen and oxygen atoms in total. The molecule has 2 aliphatic heterocycles. The van der Waals surface area contributed by atoms with Crippen LogP contribution in [-0.2, 0) is 11.3 Å². The molecule has 24 heavy (non-hydrogen) atoms. The smallest absolute Gasteiger partial charge is 0.123 e. The van der Waals surface area contributed by atoms with Gasteiger partial charge in [0.05, 0.1) is 11.3 Å². The molecule has 1 aromatic heterocycles. The van der Waals surface area contributed by atoms with Crippen molar-refractivity contribution in [3.8, 4) is 5.75 Å². The lowest BCUT2D eigenvalue weighted by Gasteiger charge is -2.35. The highest BCUT2D eigenvalue weighted by atomic mass is 16.5. The lowest BCUT2D eigenvalue weighted by atomic mass is 9.94. The summed E-state index contributed by atoms with van der Waals surface area (Å²) in [6, 6.07) is 3.95. The fourth-order valence-electron chi connectivity index (χ4n) is 3.49. The molecule has 0 radical (unpaired) electrons. The Balaban J connectivity index is 1.51. The molecule has 0 bridgehead atoms. The first-order valence-electron chi connectivity index (χ1n) is 8.81. The highest BCUT2D eigenvalue weighted by Crippen LogP contribution is 2.25. The second kappa shape index (κ2) is 7.78. The van der Waals surface area contributed by atoms with Gasteiger partial charge in [0.15, 0.2) is 0 Å². The van der Waals surface area contributed by atoms with Crippen molar-refractivity contribution in [3.05, 3.63) is 24.0 Å². The van der Waals surface area contributed by atoms with Gasteiger partial charge in [0.25, 0.3) is 0 Å². The molecule has 2 aliphatic rings. The molecule has 1 aromatic rings. The van der Waals surface area contributed by atoms with Crippen LogP contribution in [0.1, 0.15) is 25.0 Å². The van der Waals surface area contributed by atoms with E-state index in [9.17, 15) is 5.11 Å². The zero-order valence-electron chi connectivity index (χ0n) is 14.8. The number of aromatic nitrogens is 1. The molecule has 134 valence electrons. The summed E-state index contributed by atoms with van der Waals surface area (Å²) in [6.45, 7) is 4.70. The molecule has 2 saturated heterocycles. The molecule has 1 atom stereocenters. The number of hydrogen-bond donors (Lipinski definition) is 1. The maximum atomic E-state index is 10.7. The van der Waals surface area contributed by atoms with Crippen LogP contribution >= 0.6 is 0 Å². The van der Waals surface area contributed by atoms with E-state index in [0.29, 0.717) is 13.2 Å². The lowest BCUT2D eigenvalue weighted by molar-refractivity contribution is -0.0778. The van der Waals surface area contributed by atoms with Crippen LogP contribution in [0.2, 0.25) is 0 Å². The maximum Gasteiger partial charge on any atom is 0.123 e. The van der Waals surface area contributed by atoms with E-state index in [1.165, 1.54) is 0 Å². The van der Waals surface area contributed by atoms with Gasteiger partial charge in [-0.1, -0.05) is 0 Å². The number of ether oxygens (including phenoxy) is 2. The third kappa shape index (κ3) is 4.89. The van der Waals surface area contributed by atoms with Gasteiger partial charge in [-0.25, -0.2) is 0 Å². The number of hydrogen-bond acceptors (Lipinski definition) is 6. The number of β-amino-alcohol motifs (C(OH)–C–C–N with tert-alkyl or cyclic N) is 1. The third-order valence-corrected chi connectivity index (χ3v) is 4.74. The predicted molar refractivity (Wildman–Crippen MR) is 92.1 cm³/mol. The van der Waals surface area contributed by atoms with Crippen LogP contribution in [0.5, 0.6) is 5.75 Å². The van der Waals surface area contributed by atoms with Gasteiger partial charge >= 0.3 is 0 Å². The Bertz CT molecular complexity index is 532. The highest BCUT2D eigenvalue weighted by Gasteiger charge is 2.35. The van der Waals surface area contributed by atoms with Crippen molar-refractivity contribution in [2.24, 2.45) is 0 Å². The van der Waals surface area contributed by atoms with Crippen molar-refractivity contribution in [2.75, 3.05) is 46.9 Å². The zero-order chi connectivity index (χ0) is 17.0. The molecule has 3 rings (SSSR count). The Labute approximate surface area is 144 Å². The Morgan fingerprint density at radius 1 is 1.42 bits per heavy atom. The largest absolute Gasteiger partial charge is 0.489 e. The average Bonchev–Trinajstić information content (AvgIpc) is 2.94. The van der Waals surface area contributed by atoms with E-state index in [0.717, 1.165) is 56.9 Å². The molecular formula is C18H29N3O3. The average molecular weight is 335 g/mol. The molecule has 6 heteroatoms. The van der Waals surface area contributed by atoms with Crippen LogP contribution in [0.25, 0.3) is 0 Å². The second-order valence-corrected chi connectivity index (χ2v) is 7.32. The van der Waals surface area contributed by atoms with Gasteiger partial charge in [-0.3, -0.25) is 9.88 Å². The molecule has 1 N–H and O–H groups in total. The fourth-order valence-corrected chi connectivity index (χ4v) is 3.49. The molecule has 0 saturated carbocycles. The third-order valence-electron chi connectivity index (χ3n) is 4.74. The number of nitrogens with zero attached hydrogens (tertiary/aromatic N) is 3. The van der Waals surface area contributed by atoms with E-state index in [2.05, 4.69) is 14.8 Å². The fraction of sp³-hybridized carbons (Fsp3) is 0.722. The highest BCUT2D eigenvalue weighted by molar-refractivity contribution is 5.23. The van der Waals surface area contributed by atoms with E-state index >= 15 is 0 Å². The van der Waals surface area contributed by atoms with Gasteiger partial charge in [-0.05, 0) is 26.6 Å². The summed E-state index contributed by atoms with van der Waals surface area (Å²) in [6.07, 6.45) is 4.45. The van der Waals surface area contributed by atoms with Gasteiger partial charge in [-0.15, -0.1) is 0 Å². The van der Waals surface area contributed by atoms with E-state index in [4.69, 9.17) is 9.47 Å². The molecule has 3 heterocycles. The summed E-state index contributed by atoms with van der Waals surface area (Å²) in [5.41, 5.74) is 0.423. The monoisotopic (exact) mass is 335 g/mol. The summed E-state index contributed by atoms with van der Waals surface area (Å²) in [7, 11) is 4.07. The van der Waals surface area contributed by atoms with Gasteiger partial charge in [0, 0.05) is 64.5 Å². The number of likely N-dealkylation sites (tertiary alicyclic amines) is 1. The lowest BCUT2D eigenvalue weighted by Crippen LogP contribution is -2.46. The van der Waals surface area contributed by atoms with Crippen LogP contribution < -0.4 is 4.74 Å². The second-order valence-electron chi connectivity index (χ2n) is 7.32. The normalized spacial score (nSPS) is 24.4. The molecule has 0 spiro atoms. The number of pyridine rings is 1. The van der Waals surface area contributed by atoms with Crippen LogP contribution in [0.15, 0.2) is 18.3 Å². The molecule has 1 unspecified atom stereocenters. The quantitative estimate of drug-likeness (QED) is 0.841. The SMILES string of the molecule is CN(C)Cc1cc(OC2CCN(CC3(O)CCOCC3)C2)ccn1. The van der Waals surface area contributed by atoms with Gasteiger partial charge in [0.1, 0.15) is 11.9 Å². The Hall–Kier alpha value is -1.21. The molecule has 0 aliphatic carbocycles. The van der Waals surface area contributed by atoms with Gasteiger partial charge in [-0.2, -0.15) is 0 Å². The minimum Gasteiger partial charge on any atom is -0.489 e. The van der Waals surface area contributed by atoms with Gasteiger partial charge < -0.3 is 19.5 Å². The van der Waals surface area contributed by atoms with Crippen molar-refractivity contribution in [2.45, 2.75) is 37.5 Å². The van der Waals surface area contributed by atoms with Crippen LogP contribution in [0, 0.1) is 0 Å². The first kappa shape index (κ1) is 17.6. The number of rotatable bonds is 6. The summed E-state index contributed by atoms with van der Waals surface area (Å²) in [5.74, 6) is 0.887. The van der Waals surface area contributed by atoms with E-state index in [1.54, 1.807) is 0 Å². The van der Waals surface area contributed by atoms with Crippen molar-refractivity contribution < 1.29 is 14.6 Å². The Morgan fingerprint density at radius 2 is 2.21 bits per heavy atom. The Morgan fingerprint density at radius 3 is 2.96 bits per heavy atom. The maximum absolute atomic E-state index is 10.7. The van der Waals surface area contributed by atoms with Crippen LogP contribution in [0.4, 0.5) is 0 Å². The van der Waals surface area contributed by atoms with E-state index in [1.807, 2.05) is 32.4 Å².